The molecule has 2 saturated heterocycles. The minimum absolute atomic E-state index is 0.0316. The van der Waals surface area contributed by atoms with Crippen LogP contribution in [0, 0.1) is 13.8 Å². The first-order valence-electron chi connectivity index (χ1n) is 11.7. The van der Waals surface area contributed by atoms with Crippen LogP contribution in [-0.4, -0.2) is 54.8 Å². The van der Waals surface area contributed by atoms with Gasteiger partial charge < -0.3 is 14.1 Å². The molecular formula is C26H25N3O5S3. The number of benzene rings is 2. The van der Waals surface area contributed by atoms with Crippen molar-refractivity contribution in [1.82, 2.24) is 9.88 Å². The lowest BCUT2D eigenvalue weighted by atomic mass is 10.1. The summed E-state index contributed by atoms with van der Waals surface area (Å²) in [5.74, 6) is -0.0970. The molecule has 5 rings (SSSR count). The molecule has 37 heavy (non-hydrogen) atoms. The van der Waals surface area contributed by atoms with Crippen LogP contribution in [0.5, 0.6) is 0 Å². The van der Waals surface area contributed by atoms with Gasteiger partial charge >= 0.3 is 0 Å². The van der Waals surface area contributed by atoms with Crippen LogP contribution in [0.1, 0.15) is 22.6 Å². The number of aryl methyl sites for hydroxylation is 2. The first-order chi connectivity index (χ1) is 17.7. The summed E-state index contributed by atoms with van der Waals surface area (Å²) >= 11 is 6.59. The van der Waals surface area contributed by atoms with Crippen LogP contribution in [0.4, 0.5) is 5.88 Å². The molecule has 2 aliphatic rings. The number of sulfone groups is 1. The average Bonchev–Trinajstić information content (AvgIpc) is 3.44. The van der Waals surface area contributed by atoms with E-state index in [-0.39, 0.29) is 27.6 Å². The number of amides is 1. The number of morpholine rings is 1. The quantitative estimate of drug-likeness (QED) is 0.325. The Morgan fingerprint density at radius 2 is 1.81 bits per heavy atom. The average molecular weight is 556 g/mol. The number of hydrogen-bond acceptors (Lipinski definition) is 9. The van der Waals surface area contributed by atoms with E-state index in [0.717, 1.165) is 28.5 Å². The van der Waals surface area contributed by atoms with E-state index in [2.05, 4.69) is 4.98 Å². The summed E-state index contributed by atoms with van der Waals surface area (Å²) in [6.45, 7) is 5.94. The monoisotopic (exact) mass is 555 g/mol. The van der Waals surface area contributed by atoms with Gasteiger partial charge in [0, 0.05) is 19.2 Å². The molecule has 1 aromatic heterocycles. The normalized spacial score (nSPS) is 17.7. The highest BCUT2D eigenvalue weighted by atomic mass is 32.2. The van der Waals surface area contributed by atoms with Gasteiger partial charge in [-0.25, -0.2) is 8.42 Å². The van der Waals surface area contributed by atoms with Crippen molar-refractivity contribution < 1.29 is 22.4 Å². The first-order valence-corrected chi connectivity index (χ1v) is 14.4. The smallest absolute Gasteiger partial charge is 0.266 e. The molecule has 192 valence electrons. The van der Waals surface area contributed by atoms with E-state index in [4.69, 9.17) is 21.4 Å². The van der Waals surface area contributed by atoms with Gasteiger partial charge in [-0.1, -0.05) is 60.4 Å². The lowest BCUT2D eigenvalue weighted by Crippen LogP contribution is -2.36. The number of hydrogen-bond donors (Lipinski definition) is 0. The van der Waals surface area contributed by atoms with Gasteiger partial charge in [-0.2, -0.15) is 4.98 Å². The van der Waals surface area contributed by atoms with E-state index in [1.165, 1.54) is 11.0 Å². The number of thiocarbonyl (C=S) groups is 1. The molecule has 2 aromatic carbocycles. The maximum absolute atomic E-state index is 13.7. The molecule has 0 N–H and O–H groups in total. The Balaban J connectivity index is 1.51. The predicted molar refractivity (Wildman–Crippen MR) is 146 cm³/mol. The number of oxazole rings is 1. The second-order valence-electron chi connectivity index (χ2n) is 8.76. The first kappa shape index (κ1) is 25.7. The summed E-state index contributed by atoms with van der Waals surface area (Å²) in [7, 11) is -3.99. The molecule has 2 fully saturated rings. The standard InChI is InChI=1S/C26H25N3O5S3/c1-17-8-9-20(14-18(17)2)37(31,32)23-25(28-10-12-33-13-11-28)34-22(27-23)15-21-24(30)29(26(35)36-21)16-19-6-4-3-5-7-19/h3-9,14-15H,10-13,16H2,1-2H3. The van der Waals surface area contributed by atoms with Crippen LogP contribution >= 0.6 is 24.0 Å². The molecule has 0 spiro atoms. The fourth-order valence-electron chi connectivity index (χ4n) is 4.02. The molecule has 3 aromatic rings. The molecule has 0 saturated carbocycles. The SMILES string of the molecule is Cc1ccc(S(=O)(=O)c2nc(C=C3SC(=S)N(Cc4ccccc4)C3=O)oc2N2CCOCC2)cc1C. The Morgan fingerprint density at radius 3 is 2.51 bits per heavy atom. The van der Waals surface area contributed by atoms with Crippen molar-refractivity contribution in [1.29, 1.82) is 0 Å². The van der Waals surface area contributed by atoms with Crippen molar-refractivity contribution in [2.75, 3.05) is 31.2 Å². The van der Waals surface area contributed by atoms with Crippen LogP contribution in [-0.2, 0) is 25.9 Å². The molecular weight excluding hydrogens is 531 g/mol. The molecule has 11 heteroatoms. The Bertz CT molecular complexity index is 1490. The molecule has 0 atom stereocenters. The minimum Gasteiger partial charge on any atom is -0.420 e. The van der Waals surface area contributed by atoms with Crippen molar-refractivity contribution in [3.05, 3.63) is 76.0 Å². The van der Waals surface area contributed by atoms with Crippen LogP contribution in [0.15, 0.2) is 67.8 Å². The van der Waals surface area contributed by atoms with Crippen LogP contribution in [0.25, 0.3) is 6.08 Å². The number of aromatic nitrogens is 1. The van der Waals surface area contributed by atoms with Gasteiger partial charge in [0.05, 0.1) is 29.6 Å². The van der Waals surface area contributed by atoms with Crippen molar-refractivity contribution in [3.8, 4) is 0 Å². The van der Waals surface area contributed by atoms with Gasteiger partial charge in [0.15, 0.2) is 0 Å². The highest BCUT2D eigenvalue weighted by Crippen LogP contribution is 2.36. The van der Waals surface area contributed by atoms with E-state index in [1.54, 1.807) is 18.2 Å². The van der Waals surface area contributed by atoms with Crippen LogP contribution < -0.4 is 4.90 Å². The van der Waals surface area contributed by atoms with Gasteiger partial charge in [-0.15, -0.1) is 0 Å². The Kier molecular flexibility index (Phi) is 7.21. The van der Waals surface area contributed by atoms with Crippen LogP contribution in [0.2, 0.25) is 0 Å². The second kappa shape index (κ2) is 10.4. The fourth-order valence-corrected chi connectivity index (χ4v) is 6.66. The summed E-state index contributed by atoms with van der Waals surface area (Å²) < 4.78 is 39.2. The fraction of sp³-hybridized carbons (Fsp3) is 0.269. The summed E-state index contributed by atoms with van der Waals surface area (Å²) in [5, 5.41) is -0.177. The zero-order valence-electron chi connectivity index (χ0n) is 20.3. The molecule has 8 nitrogen and oxygen atoms in total. The highest BCUT2D eigenvalue weighted by molar-refractivity contribution is 8.26. The van der Waals surface area contributed by atoms with E-state index in [1.807, 2.05) is 49.1 Å². The highest BCUT2D eigenvalue weighted by Gasteiger charge is 2.35. The number of nitrogens with zero attached hydrogens (tertiary/aromatic N) is 3. The number of rotatable bonds is 6. The second-order valence-corrected chi connectivity index (χ2v) is 12.3. The molecule has 1 amide bonds. The van der Waals surface area contributed by atoms with Crippen molar-refractivity contribution in [2.45, 2.75) is 30.3 Å². The summed E-state index contributed by atoms with van der Waals surface area (Å²) in [6.07, 6.45) is 1.47. The zero-order chi connectivity index (χ0) is 26.2. The maximum atomic E-state index is 13.7. The molecule has 0 radical (unpaired) electrons. The summed E-state index contributed by atoms with van der Waals surface area (Å²) in [6, 6.07) is 14.5. The van der Waals surface area contributed by atoms with E-state index in [0.29, 0.717) is 42.1 Å². The maximum Gasteiger partial charge on any atom is 0.266 e. The number of carbonyl (C=O) groups excluding carboxylic acids is 1. The number of ether oxygens (including phenoxy) is 1. The minimum atomic E-state index is -3.99. The number of anilines is 1. The largest absolute Gasteiger partial charge is 0.420 e. The molecule has 0 aliphatic carbocycles. The van der Waals surface area contributed by atoms with E-state index in [9.17, 15) is 13.2 Å². The lowest BCUT2D eigenvalue weighted by Gasteiger charge is -2.26. The topological polar surface area (TPSA) is 93.0 Å². The molecule has 0 unspecified atom stereocenters. The predicted octanol–water partition coefficient (Wildman–Crippen LogP) is 4.36. The van der Waals surface area contributed by atoms with Gasteiger partial charge in [0.2, 0.25) is 26.6 Å². The lowest BCUT2D eigenvalue weighted by molar-refractivity contribution is -0.122. The van der Waals surface area contributed by atoms with Gasteiger partial charge in [-0.05, 0) is 42.7 Å². The molecule has 2 aliphatic heterocycles. The molecule has 3 heterocycles. The third-order valence-corrected chi connectivity index (χ3v) is 9.28. The van der Waals surface area contributed by atoms with Gasteiger partial charge in [-0.3, -0.25) is 9.69 Å². The van der Waals surface area contributed by atoms with Gasteiger partial charge in [0.25, 0.3) is 5.91 Å². The third-order valence-electron chi connectivity index (χ3n) is 6.25. The number of thioether (sulfide) groups is 1. The summed E-state index contributed by atoms with van der Waals surface area (Å²) in [5.41, 5.74) is 2.80. The Morgan fingerprint density at radius 1 is 1.08 bits per heavy atom. The van der Waals surface area contributed by atoms with E-state index < -0.39 is 9.84 Å². The Labute approximate surface area is 225 Å². The van der Waals surface area contributed by atoms with Crippen molar-refractivity contribution in [2.24, 2.45) is 0 Å². The third kappa shape index (κ3) is 5.22. The molecule has 0 bridgehead atoms. The van der Waals surface area contributed by atoms with Crippen LogP contribution in [0.3, 0.4) is 0 Å². The van der Waals surface area contributed by atoms with Gasteiger partial charge in [0.1, 0.15) is 4.32 Å². The summed E-state index contributed by atoms with van der Waals surface area (Å²) in [4.78, 5) is 21.3. The number of carbonyl (C=O) groups is 1. The van der Waals surface area contributed by atoms with Crippen molar-refractivity contribution >= 4 is 56.0 Å². The zero-order valence-corrected chi connectivity index (χ0v) is 22.8. The Hall–Kier alpha value is -2.99. The van der Waals surface area contributed by atoms with E-state index >= 15 is 0 Å². The van der Waals surface area contributed by atoms with Crippen molar-refractivity contribution in [3.63, 3.8) is 0 Å².